The predicted octanol–water partition coefficient (Wildman–Crippen LogP) is 1.89. The van der Waals surface area contributed by atoms with Crippen molar-refractivity contribution in [3.05, 3.63) is 17.9 Å². The van der Waals surface area contributed by atoms with Gasteiger partial charge in [0.2, 0.25) is 0 Å². The Bertz CT molecular complexity index is 185. The molecule has 50 valence electrons. The Morgan fingerprint density at radius 2 is 2.44 bits per heavy atom. The van der Waals surface area contributed by atoms with E-state index < -0.39 is 0 Å². The minimum absolute atomic E-state index is 0.604. The second-order valence-corrected chi connectivity index (χ2v) is 2.06. The lowest BCUT2D eigenvalue weighted by atomic mass is 10.5. The van der Waals surface area contributed by atoms with Crippen molar-refractivity contribution in [1.82, 2.24) is 0 Å². The first kappa shape index (κ1) is 6.55. The molecule has 0 fully saturated rings. The molecule has 0 aliphatic heterocycles. The molecular weight excluding hydrogens is 134 g/mol. The van der Waals surface area contributed by atoms with Gasteiger partial charge in [0.1, 0.15) is 5.76 Å². The quantitative estimate of drug-likeness (QED) is 0.488. The van der Waals surface area contributed by atoms with Crippen molar-refractivity contribution in [1.29, 1.82) is 0 Å². The summed E-state index contributed by atoms with van der Waals surface area (Å²) in [5.41, 5.74) is 0. The number of hydrogen-bond acceptors (Lipinski definition) is 3. The smallest absolute Gasteiger partial charge is 0.193 e. The fraction of sp³-hybridized carbons (Fsp3) is 0.333. The maximum Gasteiger partial charge on any atom is 0.193 e. The van der Waals surface area contributed by atoms with Gasteiger partial charge >= 0.3 is 0 Å². The molecule has 0 bridgehead atoms. The number of rotatable bonds is 2. The maximum absolute atomic E-state index is 5.16. The summed E-state index contributed by atoms with van der Waals surface area (Å²) in [4.78, 5) is 0. The van der Waals surface area contributed by atoms with Gasteiger partial charge in [-0.2, -0.15) is 12.6 Å². The van der Waals surface area contributed by atoms with E-state index in [1.54, 1.807) is 0 Å². The molecule has 0 saturated carbocycles. The first-order chi connectivity index (χ1) is 4.33. The third-order valence-corrected chi connectivity index (χ3v) is 1.15. The molecule has 9 heavy (non-hydrogen) atoms. The van der Waals surface area contributed by atoms with Gasteiger partial charge in [-0.05, 0) is 13.0 Å². The third kappa shape index (κ3) is 1.68. The summed E-state index contributed by atoms with van der Waals surface area (Å²) < 4.78 is 5.16. The predicted molar refractivity (Wildman–Crippen MR) is 40.9 cm³/mol. The van der Waals surface area contributed by atoms with Crippen molar-refractivity contribution in [3.63, 3.8) is 0 Å². The molecule has 0 aromatic carbocycles. The second-order valence-electron chi connectivity index (χ2n) is 1.75. The molecule has 2 nitrogen and oxygen atoms in total. The van der Waals surface area contributed by atoms with Crippen LogP contribution in [-0.2, 0) is 0 Å². The van der Waals surface area contributed by atoms with Crippen molar-refractivity contribution >= 4 is 18.5 Å². The summed E-state index contributed by atoms with van der Waals surface area (Å²) >= 11 is 3.97. The molecule has 0 amide bonds. The first-order valence-electron chi connectivity index (χ1n) is 2.74. The van der Waals surface area contributed by atoms with E-state index in [4.69, 9.17) is 4.42 Å². The molecule has 3 heteroatoms. The van der Waals surface area contributed by atoms with Gasteiger partial charge in [-0.3, -0.25) is 0 Å². The van der Waals surface area contributed by atoms with Gasteiger partial charge in [-0.1, -0.05) is 0 Å². The summed E-state index contributed by atoms with van der Waals surface area (Å²) in [6, 6.07) is 3.79. The Morgan fingerprint density at radius 3 is 2.89 bits per heavy atom. The Balaban J connectivity index is 2.61. The molecular formula is C6H9NOS. The van der Waals surface area contributed by atoms with Crippen LogP contribution in [0.3, 0.4) is 0 Å². The average molecular weight is 143 g/mol. The SMILES string of the molecule is Cc1ccc(NCS)o1. The van der Waals surface area contributed by atoms with Crippen LogP contribution in [0.5, 0.6) is 0 Å². The lowest BCUT2D eigenvalue weighted by Crippen LogP contribution is -1.90. The Labute approximate surface area is 59.7 Å². The fourth-order valence-corrected chi connectivity index (χ4v) is 0.763. The van der Waals surface area contributed by atoms with Crippen LogP contribution in [0.4, 0.5) is 5.88 Å². The van der Waals surface area contributed by atoms with E-state index in [1.165, 1.54) is 0 Å². The van der Waals surface area contributed by atoms with E-state index in [0.29, 0.717) is 5.88 Å². The van der Waals surface area contributed by atoms with Gasteiger partial charge < -0.3 is 9.73 Å². The molecule has 0 aliphatic carbocycles. The molecule has 0 atom stereocenters. The third-order valence-electron chi connectivity index (χ3n) is 0.994. The Morgan fingerprint density at radius 1 is 1.67 bits per heavy atom. The molecule has 0 saturated heterocycles. The molecule has 1 heterocycles. The van der Waals surface area contributed by atoms with E-state index >= 15 is 0 Å². The van der Waals surface area contributed by atoms with Crippen LogP contribution < -0.4 is 5.32 Å². The van der Waals surface area contributed by atoms with Crippen molar-refractivity contribution in [2.75, 3.05) is 11.2 Å². The highest BCUT2D eigenvalue weighted by Crippen LogP contribution is 2.10. The van der Waals surface area contributed by atoms with E-state index in [-0.39, 0.29) is 0 Å². The van der Waals surface area contributed by atoms with E-state index in [0.717, 1.165) is 11.6 Å². The van der Waals surface area contributed by atoms with Crippen LogP contribution in [0.1, 0.15) is 5.76 Å². The van der Waals surface area contributed by atoms with Gasteiger partial charge in [0.05, 0.1) is 5.88 Å². The van der Waals surface area contributed by atoms with Crippen LogP contribution in [0.2, 0.25) is 0 Å². The fourth-order valence-electron chi connectivity index (χ4n) is 0.607. The number of thiol groups is 1. The highest BCUT2D eigenvalue weighted by molar-refractivity contribution is 7.80. The molecule has 0 aliphatic rings. The summed E-state index contributed by atoms with van der Waals surface area (Å²) in [6.45, 7) is 1.91. The molecule has 0 radical (unpaired) electrons. The average Bonchev–Trinajstić information content (AvgIpc) is 2.17. The minimum Gasteiger partial charge on any atom is -0.446 e. The summed E-state index contributed by atoms with van der Waals surface area (Å²) in [5, 5.41) is 2.93. The van der Waals surface area contributed by atoms with Crippen molar-refractivity contribution in [2.24, 2.45) is 0 Å². The normalized spacial score (nSPS) is 9.56. The van der Waals surface area contributed by atoms with E-state index in [9.17, 15) is 0 Å². The molecule has 0 unspecified atom stereocenters. The molecule has 1 N–H and O–H groups in total. The van der Waals surface area contributed by atoms with Crippen LogP contribution in [0.25, 0.3) is 0 Å². The Hall–Kier alpha value is -0.570. The van der Waals surface area contributed by atoms with E-state index in [2.05, 4.69) is 17.9 Å². The van der Waals surface area contributed by atoms with Crippen LogP contribution in [0.15, 0.2) is 16.5 Å². The molecule has 0 spiro atoms. The maximum atomic E-state index is 5.16. The summed E-state index contributed by atoms with van der Waals surface area (Å²) in [6.07, 6.45) is 0. The Kier molecular flexibility index (Phi) is 2.05. The lowest BCUT2D eigenvalue weighted by molar-refractivity contribution is 0.549. The van der Waals surface area contributed by atoms with Crippen molar-refractivity contribution in [3.8, 4) is 0 Å². The van der Waals surface area contributed by atoms with Gasteiger partial charge in [0.15, 0.2) is 5.88 Å². The largest absolute Gasteiger partial charge is 0.446 e. The highest BCUT2D eigenvalue weighted by atomic mass is 32.1. The van der Waals surface area contributed by atoms with Gasteiger partial charge in [-0.15, -0.1) is 0 Å². The monoisotopic (exact) mass is 143 g/mol. The minimum atomic E-state index is 0.604. The van der Waals surface area contributed by atoms with Crippen LogP contribution in [0, 0.1) is 6.92 Å². The standard InChI is InChI=1S/C6H9NOS/c1-5-2-3-6(8-5)7-4-9/h2-3,7,9H,4H2,1H3. The summed E-state index contributed by atoms with van der Waals surface area (Å²) in [7, 11) is 0. The topological polar surface area (TPSA) is 25.2 Å². The van der Waals surface area contributed by atoms with Crippen LogP contribution >= 0.6 is 12.6 Å². The zero-order valence-corrected chi connectivity index (χ0v) is 6.11. The van der Waals surface area contributed by atoms with Crippen molar-refractivity contribution in [2.45, 2.75) is 6.92 Å². The number of nitrogens with one attached hydrogen (secondary N) is 1. The number of hydrogen-bond donors (Lipinski definition) is 2. The van der Waals surface area contributed by atoms with Crippen LogP contribution in [-0.4, -0.2) is 5.88 Å². The number of aryl methyl sites for hydroxylation is 1. The van der Waals surface area contributed by atoms with Gasteiger partial charge in [-0.25, -0.2) is 0 Å². The molecule has 1 rings (SSSR count). The second kappa shape index (κ2) is 2.82. The summed E-state index contributed by atoms with van der Waals surface area (Å²) in [5.74, 6) is 2.30. The number of anilines is 1. The molecule has 1 aromatic heterocycles. The first-order valence-corrected chi connectivity index (χ1v) is 3.37. The van der Waals surface area contributed by atoms with Gasteiger partial charge in [0.25, 0.3) is 0 Å². The zero-order valence-electron chi connectivity index (χ0n) is 5.22. The zero-order chi connectivity index (χ0) is 6.69. The lowest BCUT2D eigenvalue weighted by Gasteiger charge is -1.93. The van der Waals surface area contributed by atoms with E-state index in [1.807, 2.05) is 19.1 Å². The molecule has 1 aromatic rings. The van der Waals surface area contributed by atoms with Gasteiger partial charge in [0, 0.05) is 6.07 Å². The number of furan rings is 1. The van der Waals surface area contributed by atoms with Crippen molar-refractivity contribution < 1.29 is 4.42 Å². The highest BCUT2D eigenvalue weighted by Gasteiger charge is 1.92.